The van der Waals surface area contributed by atoms with Gasteiger partial charge in [0.1, 0.15) is 11.9 Å². The molecule has 0 radical (unpaired) electrons. The van der Waals surface area contributed by atoms with E-state index in [9.17, 15) is 0 Å². The quantitative estimate of drug-likeness (QED) is 0.904. The van der Waals surface area contributed by atoms with Crippen LogP contribution in [0.25, 0.3) is 0 Å². The predicted molar refractivity (Wildman–Crippen MR) is 69.5 cm³/mol. The van der Waals surface area contributed by atoms with Crippen LogP contribution in [0.5, 0.6) is 0 Å². The van der Waals surface area contributed by atoms with Crippen LogP contribution in [0.2, 0.25) is 0 Å². The minimum atomic E-state index is 0.0730. The molecule has 5 heteroatoms. The summed E-state index contributed by atoms with van der Waals surface area (Å²) in [5, 5.41) is 3.21. The molecule has 0 spiro atoms. The molecule has 0 saturated carbocycles. The van der Waals surface area contributed by atoms with Gasteiger partial charge in [-0.05, 0) is 57.8 Å². The standard InChI is InChI=1S/C11H15Br2NO2/c1-14-6-7-3-2-4-15-10(7)9-5-8(12)11(13)16-9/h5,7,10,14H,2-4,6H2,1H3. The molecule has 1 aliphatic rings. The third-order valence-corrected chi connectivity index (χ3v) is 4.57. The third-order valence-electron chi connectivity index (χ3n) is 2.86. The summed E-state index contributed by atoms with van der Waals surface area (Å²) in [7, 11) is 1.97. The van der Waals surface area contributed by atoms with Crippen molar-refractivity contribution in [1.82, 2.24) is 5.32 Å². The molecule has 2 rings (SSSR count). The minimum Gasteiger partial charge on any atom is -0.450 e. The fourth-order valence-electron chi connectivity index (χ4n) is 2.13. The maximum atomic E-state index is 5.82. The summed E-state index contributed by atoms with van der Waals surface area (Å²) >= 11 is 6.79. The van der Waals surface area contributed by atoms with Crippen molar-refractivity contribution in [3.8, 4) is 0 Å². The fourth-order valence-corrected chi connectivity index (χ4v) is 2.74. The molecule has 3 nitrogen and oxygen atoms in total. The normalized spacial score (nSPS) is 25.9. The van der Waals surface area contributed by atoms with E-state index in [1.54, 1.807) is 0 Å². The van der Waals surface area contributed by atoms with Crippen LogP contribution in [0, 0.1) is 5.92 Å². The van der Waals surface area contributed by atoms with E-state index in [1.165, 1.54) is 6.42 Å². The summed E-state index contributed by atoms with van der Waals surface area (Å²) in [5.74, 6) is 1.39. The molecular weight excluding hydrogens is 338 g/mol. The van der Waals surface area contributed by atoms with Crippen molar-refractivity contribution in [2.45, 2.75) is 18.9 Å². The van der Waals surface area contributed by atoms with Crippen molar-refractivity contribution in [1.29, 1.82) is 0 Å². The van der Waals surface area contributed by atoms with Crippen LogP contribution in [-0.2, 0) is 4.74 Å². The molecule has 1 fully saturated rings. The van der Waals surface area contributed by atoms with E-state index < -0.39 is 0 Å². The summed E-state index contributed by atoms with van der Waals surface area (Å²) < 4.78 is 13.1. The lowest BCUT2D eigenvalue weighted by molar-refractivity contribution is -0.0394. The highest BCUT2D eigenvalue weighted by Gasteiger charge is 2.30. The Morgan fingerprint density at radius 2 is 2.31 bits per heavy atom. The Kier molecular flexibility index (Phi) is 4.47. The van der Waals surface area contributed by atoms with Gasteiger partial charge in [-0.3, -0.25) is 0 Å². The smallest absolute Gasteiger partial charge is 0.183 e. The summed E-state index contributed by atoms with van der Waals surface area (Å²) in [6, 6.07) is 1.99. The van der Waals surface area contributed by atoms with Crippen molar-refractivity contribution in [2.24, 2.45) is 5.92 Å². The molecule has 0 bridgehead atoms. The Balaban J connectivity index is 2.16. The first-order chi connectivity index (χ1) is 7.72. The van der Waals surface area contributed by atoms with E-state index in [0.717, 1.165) is 34.5 Å². The van der Waals surface area contributed by atoms with Crippen LogP contribution < -0.4 is 5.32 Å². The molecule has 90 valence electrons. The maximum Gasteiger partial charge on any atom is 0.183 e. The Labute approximate surface area is 112 Å². The molecule has 2 atom stereocenters. The number of hydrogen-bond donors (Lipinski definition) is 1. The van der Waals surface area contributed by atoms with Crippen molar-refractivity contribution >= 4 is 31.9 Å². The fraction of sp³-hybridized carbons (Fsp3) is 0.636. The average Bonchev–Trinajstić information content (AvgIpc) is 2.60. The first-order valence-electron chi connectivity index (χ1n) is 5.43. The molecule has 2 unspecified atom stereocenters. The molecule has 0 aromatic carbocycles. The molecule has 0 amide bonds. The van der Waals surface area contributed by atoms with E-state index in [-0.39, 0.29) is 6.10 Å². The number of furan rings is 1. The molecule has 1 saturated heterocycles. The molecule has 0 aliphatic carbocycles. The molecule has 1 aromatic heterocycles. The van der Waals surface area contributed by atoms with Crippen LogP contribution in [0.4, 0.5) is 0 Å². The molecule has 2 heterocycles. The van der Waals surface area contributed by atoms with Gasteiger partial charge in [-0.1, -0.05) is 0 Å². The van der Waals surface area contributed by atoms with Crippen LogP contribution in [0.3, 0.4) is 0 Å². The number of halogens is 2. The van der Waals surface area contributed by atoms with Gasteiger partial charge in [0.15, 0.2) is 4.67 Å². The Bertz CT molecular complexity index is 332. The maximum absolute atomic E-state index is 5.82. The van der Waals surface area contributed by atoms with E-state index >= 15 is 0 Å². The Morgan fingerprint density at radius 1 is 1.50 bits per heavy atom. The van der Waals surface area contributed by atoms with E-state index in [0.29, 0.717) is 5.92 Å². The van der Waals surface area contributed by atoms with Crippen molar-refractivity contribution in [3.05, 3.63) is 21.0 Å². The van der Waals surface area contributed by atoms with E-state index in [1.807, 2.05) is 13.1 Å². The highest BCUT2D eigenvalue weighted by atomic mass is 79.9. The van der Waals surface area contributed by atoms with Crippen LogP contribution >= 0.6 is 31.9 Å². The summed E-state index contributed by atoms with van der Waals surface area (Å²) in [4.78, 5) is 0. The van der Waals surface area contributed by atoms with Gasteiger partial charge in [0.25, 0.3) is 0 Å². The second-order valence-corrected chi connectivity index (χ2v) is 5.60. The highest BCUT2D eigenvalue weighted by molar-refractivity contribution is 9.13. The lowest BCUT2D eigenvalue weighted by atomic mass is 9.93. The average molecular weight is 353 g/mol. The van der Waals surface area contributed by atoms with Crippen LogP contribution in [0.15, 0.2) is 19.6 Å². The summed E-state index contributed by atoms with van der Waals surface area (Å²) in [6.07, 6.45) is 2.39. The van der Waals surface area contributed by atoms with Gasteiger partial charge >= 0.3 is 0 Å². The van der Waals surface area contributed by atoms with Gasteiger partial charge in [0.2, 0.25) is 0 Å². The molecule has 1 aliphatic heterocycles. The molecular formula is C11H15Br2NO2. The summed E-state index contributed by atoms with van der Waals surface area (Å²) in [5.41, 5.74) is 0. The van der Waals surface area contributed by atoms with Crippen molar-refractivity contribution in [2.75, 3.05) is 20.2 Å². The van der Waals surface area contributed by atoms with Gasteiger partial charge < -0.3 is 14.5 Å². The van der Waals surface area contributed by atoms with Gasteiger partial charge in [-0.2, -0.15) is 0 Å². The Morgan fingerprint density at radius 3 is 2.94 bits per heavy atom. The second kappa shape index (κ2) is 5.67. The van der Waals surface area contributed by atoms with E-state index in [2.05, 4.69) is 37.2 Å². The zero-order chi connectivity index (χ0) is 11.5. The highest BCUT2D eigenvalue weighted by Crippen LogP contribution is 2.38. The first kappa shape index (κ1) is 12.6. The van der Waals surface area contributed by atoms with E-state index in [4.69, 9.17) is 9.15 Å². The van der Waals surface area contributed by atoms with Gasteiger partial charge in [0.05, 0.1) is 4.47 Å². The SMILES string of the molecule is CNCC1CCCOC1c1cc(Br)c(Br)o1. The van der Waals surface area contributed by atoms with Gasteiger partial charge in [-0.25, -0.2) is 0 Å². The lowest BCUT2D eigenvalue weighted by Gasteiger charge is -2.30. The Hall–Kier alpha value is 0.160. The number of rotatable bonds is 3. The molecule has 1 aromatic rings. The number of nitrogens with one attached hydrogen (secondary N) is 1. The zero-order valence-electron chi connectivity index (χ0n) is 9.13. The minimum absolute atomic E-state index is 0.0730. The van der Waals surface area contributed by atoms with Gasteiger partial charge in [-0.15, -0.1) is 0 Å². The molecule has 1 N–H and O–H groups in total. The monoisotopic (exact) mass is 351 g/mol. The van der Waals surface area contributed by atoms with Crippen molar-refractivity contribution in [3.63, 3.8) is 0 Å². The topological polar surface area (TPSA) is 34.4 Å². The first-order valence-corrected chi connectivity index (χ1v) is 7.02. The largest absolute Gasteiger partial charge is 0.450 e. The van der Waals surface area contributed by atoms with Crippen molar-refractivity contribution < 1.29 is 9.15 Å². The van der Waals surface area contributed by atoms with Gasteiger partial charge in [0, 0.05) is 19.1 Å². The third kappa shape index (κ3) is 2.70. The summed E-state index contributed by atoms with van der Waals surface area (Å²) in [6.45, 7) is 1.78. The lowest BCUT2D eigenvalue weighted by Crippen LogP contribution is -2.30. The second-order valence-electron chi connectivity index (χ2n) is 4.02. The molecule has 16 heavy (non-hydrogen) atoms. The van der Waals surface area contributed by atoms with Crippen LogP contribution in [0.1, 0.15) is 24.7 Å². The number of hydrogen-bond acceptors (Lipinski definition) is 3. The zero-order valence-corrected chi connectivity index (χ0v) is 12.3. The van der Waals surface area contributed by atoms with Crippen LogP contribution in [-0.4, -0.2) is 20.2 Å². The predicted octanol–water partition coefficient (Wildman–Crippen LogP) is 3.49. The number of ether oxygens (including phenoxy) is 1.